The number of hydrogen-bond acceptors (Lipinski definition) is 2. The predicted molar refractivity (Wildman–Crippen MR) is 68.1 cm³/mol. The van der Waals surface area contributed by atoms with Gasteiger partial charge in [0.15, 0.2) is 0 Å². The van der Waals surface area contributed by atoms with Gasteiger partial charge in [0, 0.05) is 11.8 Å². The van der Waals surface area contributed by atoms with Crippen molar-refractivity contribution in [3.05, 3.63) is 59.3 Å². The van der Waals surface area contributed by atoms with Crippen LogP contribution < -0.4 is 5.32 Å². The predicted octanol–water partition coefficient (Wildman–Crippen LogP) is 2.95. The summed E-state index contributed by atoms with van der Waals surface area (Å²) in [5.74, 6) is 0.458. The molecule has 1 heterocycles. The fraction of sp³-hybridized carbons (Fsp3) is 0.143. The SMILES string of the molecule is Cc1ccnc(NC(=O)c2ccccc2C)c1. The summed E-state index contributed by atoms with van der Waals surface area (Å²) in [5, 5.41) is 2.79. The summed E-state index contributed by atoms with van der Waals surface area (Å²) in [7, 11) is 0. The van der Waals surface area contributed by atoms with E-state index >= 15 is 0 Å². The number of nitrogens with one attached hydrogen (secondary N) is 1. The number of pyridine rings is 1. The summed E-state index contributed by atoms with van der Waals surface area (Å²) in [6, 6.07) is 11.2. The van der Waals surface area contributed by atoms with Crippen molar-refractivity contribution in [3.8, 4) is 0 Å². The monoisotopic (exact) mass is 226 g/mol. The van der Waals surface area contributed by atoms with Crippen molar-refractivity contribution in [2.75, 3.05) is 5.32 Å². The van der Waals surface area contributed by atoms with Gasteiger partial charge in [-0.05, 0) is 43.2 Å². The zero-order valence-electron chi connectivity index (χ0n) is 9.90. The molecule has 1 aromatic carbocycles. The van der Waals surface area contributed by atoms with Gasteiger partial charge in [0.2, 0.25) is 0 Å². The van der Waals surface area contributed by atoms with Crippen molar-refractivity contribution in [1.29, 1.82) is 0 Å². The van der Waals surface area contributed by atoms with Crippen molar-refractivity contribution in [1.82, 2.24) is 4.98 Å². The van der Waals surface area contributed by atoms with E-state index in [0.717, 1.165) is 11.1 Å². The van der Waals surface area contributed by atoms with Crippen LogP contribution in [0.15, 0.2) is 42.6 Å². The van der Waals surface area contributed by atoms with Crippen LogP contribution in [0.2, 0.25) is 0 Å². The minimum Gasteiger partial charge on any atom is -0.307 e. The number of hydrogen-bond donors (Lipinski definition) is 1. The molecule has 0 saturated heterocycles. The number of rotatable bonds is 2. The average molecular weight is 226 g/mol. The quantitative estimate of drug-likeness (QED) is 0.855. The fourth-order valence-electron chi connectivity index (χ4n) is 1.62. The maximum Gasteiger partial charge on any atom is 0.257 e. The molecule has 1 amide bonds. The van der Waals surface area contributed by atoms with Crippen LogP contribution in [0, 0.1) is 13.8 Å². The first-order valence-electron chi connectivity index (χ1n) is 5.46. The van der Waals surface area contributed by atoms with Crippen LogP contribution in [0.3, 0.4) is 0 Å². The number of anilines is 1. The molecule has 0 aliphatic carbocycles. The highest BCUT2D eigenvalue weighted by Gasteiger charge is 2.08. The topological polar surface area (TPSA) is 42.0 Å². The molecule has 0 unspecified atom stereocenters. The van der Waals surface area contributed by atoms with Gasteiger partial charge >= 0.3 is 0 Å². The zero-order chi connectivity index (χ0) is 12.3. The number of carbonyl (C=O) groups excluding carboxylic acids is 1. The van der Waals surface area contributed by atoms with Gasteiger partial charge < -0.3 is 5.32 Å². The van der Waals surface area contributed by atoms with Crippen LogP contribution in [0.1, 0.15) is 21.5 Å². The van der Waals surface area contributed by atoms with Crippen LogP contribution in [0.5, 0.6) is 0 Å². The van der Waals surface area contributed by atoms with Crippen molar-refractivity contribution < 1.29 is 4.79 Å². The third-order valence-electron chi connectivity index (χ3n) is 2.55. The molecule has 1 aromatic heterocycles. The first kappa shape index (κ1) is 11.3. The van der Waals surface area contributed by atoms with E-state index in [2.05, 4.69) is 10.3 Å². The standard InChI is InChI=1S/C14H14N2O/c1-10-7-8-15-13(9-10)16-14(17)12-6-4-3-5-11(12)2/h3-9H,1-2H3,(H,15,16,17). The van der Waals surface area contributed by atoms with Crippen molar-refractivity contribution >= 4 is 11.7 Å². The van der Waals surface area contributed by atoms with Crippen LogP contribution in [0.4, 0.5) is 5.82 Å². The molecule has 0 spiro atoms. The van der Waals surface area contributed by atoms with Gasteiger partial charge in [0.1, 0.15) is 5.82 Å². The second kappa shape index (κ2) is 4.78. The molecule has 0 aliphatic rings. The Morgan fingerprint density at radius 1 is 1.18 bits per heavy atom. The van der Waals surface area contributed by atoms with E-state index in [1.165, 1.54) is 0 Å². The molecule has 86 valence electrons. The summed E-state index contributed by atoms with van der Waals surface area (Å²) in [6.45, 7) is 3.88. The van der Waals surface area contributed by atoms with Gasteiger partial charge in [-0.25, -0.2) is 4.98 Å². The average Bonchev–Trinajstić information content (AvgIpc) is 2.29. The third-order valence-corrected chi connectivity index (χ3v) is 2.55. The molecule has 1 N–H and O–H groups in total. The highest BCUT2D eigenvalue weighted by molar-refractivity contribution is 6.04. The second-order valence-corrected chi connectivity index (χ2v) is 3.99. The Morgan fingerprint density at radius 3 is 2.65 bits per heavy atom. The number of carbonyl (C=O) groups is 1. The fourth-order valence-corrected chi connectivity index (χ4v) is 1.62. The number of aromatic nitrogens is 1. The number of nitrogens with zero attached hydrogens (tertiary/aromatic N) is 1. The molecule has 3 nitrogen and oxygen atoms in total. The van der Waals surface area contributed by atoms with Gasteiger partial charge in [-0.15, -0.1) is 0 Å². The Labute approximate surface area is 101 Å². The molecular formula is C14H14N2O. The van der Waals surface area contributed by atoms with E-state index in [4.69, 9.17) is 0 Å². The third kappa shape index (κ3) is 2.69. The summed E-state index contributed by atoms with van der Waals surface area (Å²) in [5.41, 5.74) is 2.70. The van der Waals surface area contributed by atoms with Gasteiger partial charge in [-0.3, -0.25) is 4.79 Å². The Morgan fingerprint density at radius 2 is 1.94 bits per heavy atom. The normalized spacial score (nSPS) is 10.0. The Hall–Kier alpha value is -2.16. The van der Waals surface area contributed by atoms with Crippen LogP contribution in [-0.4, -0.2) is 10.9 Å². The van der Waals surface area contributed by atoms with Gasteiger partial charge in [-0.2, -0.15) is 0 Å². The van der Waals surface area contributed by atoms with Crippen LogP contribution in [0.25, 0.3) is 0 Å². The van der Waals surface area contributed by atoms with Crippen LogP contribution >= 0.6 is 0 Å². The molecule has 0 aliphatic heterocycles. The first-order valence-corrected chi connectivity index (χ1v) is 5.46. The molecule has 0 saturated carbocycles. The minimum absolute atomic E-state index is 0.124. The lowest BCUT2D eigenvalue weighted by Gasteiger charge is -2.07. The lowest BCUT2D eigenvalue weighted by molar-refractivity contribution is 0.102. The smallest absolute Gasteiger partial charge is 0.257 e. The number of amides is 1. The summed E-state index contributed by atoms with van der Waals surface area (Å²) in [6.07, 6.45) is 1.68. The number of aryl methyl sites for hydroxylation is 2. The molecule has 3 heteroatoms. The molecule has 0 atom stereocenters. The highest BCUT2D eigenvalue weighted by atomic mass is 16.1. The molecule has 0 bridgehead atoms. The minimum atomic E-state index is -0.124. The van der Waals surface area contributed by atoms with E-state index in [-0.39, 0.29) is 5.91 Å². The lowest BCUT2D eigenvalue weighted by Crippen LogP contribution is -2.14. The van der Waals surface area contributed by atoms with Gasteiger partial charge in [0.05, 0.1) is 0 Å². The van der Waals surface area contributed by atoms with E-state index in [9.17, 15) is 4.79 Å². The van der Waals surface area contributed by atoms with Crippen molar-refractivity contribution in [2.45, 2.75) is 13.8 Å². The zero-order valence-corrected chi connectivity index (χ0v) is 9.90. The summed E-state index contributed by atoms with van der Waals surface area (Å²) >= 11 is 0. The number of benzene rings is 1. The molecule has 0 fully saturated rings. The lowest BCUT2D eigenvalue weighted by atomic mass is 10.1. The van der Waals surface area contributed by atoms with Crippen molar-refractivity contribution in [3.63, 3.8) is 0 Å². The first-order chi connectivity index (χ1) is 8.16. The largest absolute Gasteiger partial charge is 0.307 e. The summed E-state index contributed by atoms with van der Waals surface area (Å²) < 4.78 is 0. The highest BCUT2D eigenvalue weighted by Crippen LogP contribution is 2.11. The van der Waals surface area contributed by atoms with Crippen molar-refractivity contribution in [2.24, 2.45) is 0 Å². The molecule has 17 heavy (non-hydrogen) atoms. The maximum absolute atomic E-state index is 12.0. The van der Waals surface area contributed by atoms with E-state index in [0.29, 0.717) is 11.4 Å². The molecule has 0 radical (unpaired) electrons. The van der Waals surface area contributed by atoms with Crippen LogP contribution in [-0.2, 0) is 0 Å². The summed E-state index contributed by atoms with van der Waals surface area (Å²) in [4.78, 5) is 16.1. The Bertz CT molecular complexity index is 549. The maximum atomic E-state index is 12.0. The molecular weight excluding hydrogens is 212 g/mol. The van der Waals surface area contributed by atoms with Gasteiger partial charge in [0.25, 0.3) is 5.91 Å². The Balaban J connectivity index is 2.20. The van der Waals surface area contributed by atoms with E-state index in [1.54, 1.807) is 12.3 Å². The second-order valence-electron chi connectivity index (χ2n) is 3.99. The molecule has 2 aromatic rings. The molecule has 2 rings (SSSR count). The Kier molecular flexibility index (Phi) is 3.19. The van der Waals surface area contributed by atoms with Gasteiger partial charge in [-0.1, -0.05) is 18.2 Å². The van der Waals surface area contributed by atoms with E-state index < -0.39 is 0 Å². The van der Waals surface area contributed by atoms with E-state index in [1.807, 2.05) is 44.2 Å².